The molecule has 3 rings (SSSR count). The van der Waals surface area contributed by atoms with Crippen LogP contribution >= 0.6 is 11.3 Å². The van der Waals surface area contributed by atoms with E-state index in [1.54, 1.807) is 11.3 Å². The number of thiophene rings is 1. The van der Waals surface area contributed by atoms with Crippen molar-refractivity contribution < 1.29 is 0 Å². The van der Waals surface area contributed by atoms with Gasteiger partial charge in [-0.25, -0.2) is 4.98 Å². The van der Waals surface area contributed by atoms with Crippen molar-refractivity contribution in [2.75, 3.05) is 25.0 Å². The van der Waals surface area contributed by atoms with Gasteiger partial charge in [0.1, 0.15) is 5.82 Å². The number of hydrogen-bond acceptors (Lipinski definition) is 4. The topological polar surface area (TPSA) is 37.0 Å². The summed E-state index contributed by atoms with van der Waals surface area (Å²) in [6, 6.07) is 4.22. The first-order valence-electron chi connectivity index (χ1n) is 6.20. The van der Waals surface area contributed by atoms with Gasteiger partial charge in [0.2, 0.25) is 0 Å². The summed E-state index contributed by atoms with van der Waals surface area (Å²) in [7, 11) is 0. The Bertz CT molecular complexity index is 488. The third kappa shape index (κ3) is 2.42. The van der Waals surface area contributed by atoms with E-state index >= 15 is 0 Å². The summed E-state index contributed by atoms with van der Waals surface area (Å²) in [6.45, 7) is 3.33. The van der Waals surface area contributed by atoms with Crippen LogP contribution in [0.4, 0.5) is 5.82 Å². The minimum absolute atomic E-state index is 0.736. The highest BCUT2D eigenvalue weighted by Gasteiger charge is 2.13. The Morgan fingerprint density at radius 3 is 3.35 bits per heavy atom. The number of hydrogen-bond donors (Lipinski definition) is 2. The molecule has 0 spiro atoms. The van der Waals surface area contributed by atoms with Crippen molar-refractivity contribution >= 4 is 27.2 Å². The van der Waals surface area contributed by atoms with Gasteiger partial charge in [-0.05, 0) is 49.4 Å². The van der Waals surface area contributed by atoms with Gasteiger partial charge in [0.05, 0.1) is 0 Å². The molecule has 90 valence electrons. The molecule has 3 heterocycles. The van der Waals surface area contributed by atoms with Crippen LogP contribution in [-0.4, -0.2) is 24.6 Å². The third-order valence-electron chi connectivity index (χ3n) is 3.34. The summed E-state index contributed by atoms with van der Waals surface area (Å²) in [5.41, 5.74) is 0. The maximum absolute atomic E-state index is 4.44. The van der Waals surface area contributed by atoms with Crippen molar-refractivity contribution in [2.24, 2.45) is 5.92 Å². The normalized spacial score (nSPS) is 20.6. The number of anilines is 1. The zero-order chi connectivity index (χ0) is 11.5. The van der Waals surface area contributed by atoms with Gasteiger partial charge >= 0.3 is 0 Å². The van der Waals surface area contributed by atoms with E-state index in [9.17, 15) is 0 Å². The molecule has 1 saturated heterocycles. The van der Waals surface area contributed by atoms with Crippen LogP contribution < -0.4 is 10.6 Å². The van der Waals surface area contributed by atoms with Crippen molar-refractivity contribution in [3.8, 4) is 0 Å². The lowest BCUT2D eigenvalue weighted by atomic mass is 10.00. The fourth-order valence-corrected chi connectivity index (χ4v) is 3.16. The van der Waals surface area contributed by atoms with Crippen LogP contribution in [0.2, 0.25) is 0 Å². The predicted molar refractivity (Wildman–Crippen MR) is 73.7 cm³/mol. The minimum atomic E-state index is 0.736. The fraction of sp³-hybridized carbons (Fsp3) is 0.462. The van der Waals surface area contributed by atoms with Gasteiger partial charge in [0.25, 0.3) is 0 Å². The maximum Gasteiger partial charge on any atom is 0.134 e. The van der Waals surface area contributed by atoms with Gasteiger partial charge in [-0.3, -0.25) is 0 Å². The Labute approximate surface area is 105 Å². The molecule has 0 bridgehead atoms. The molecule has 17 heavy (non-hydrogen) atoms. The predicted octanol–water partition coefficient (Wildman–Crippen LogP) is 2.71. The standard InChI is InChI=1S/C13H17N3S/c1-2-10(8-14-5-1)9-16-13-11-4-7-17-12(11)3-6-15-13/h3-4,6-7,10,14H,1-2,5,8-9H2,(H,15,16). The largest absolute Gasteiger partial charge is 0.369 e. The first kappa shape index (κ1) is 11.0. The zero-order valence-corrected chi connectivity index (χ0v) is 10.6. The van der Waals surface area contributed by atoms with Crippen LogP contribution in [0.25, 0.3) is 10.1 Å². The molecule has 1 unspecified atom stereocenters. The van der Waals surface area contributed by atoms with Gasteiger partial charge in [0, 0.05) is 22.8 Å². The second-order valence-electron chi connectivity index (χ2n) is 4.59. The quantitative estimate of drug-likeness (QED) is 0.875. The molecule has 0 aliphatic carbocycles. The average Bonchev–Trinajstić information content (AvgIpc) is 2.86. The van der Waals surface area contributed by atoms with E-state index in [1.807, 2.05) is 6.20 Å². The SMILES string of the molecule is c1cc2sccc2c(NCC2CCCNC2)n1. The number of nitrogens with zero attached hydrogens (tertiary/aromatic N) is 1. The fourth-order valence-electron chi connectivity index (χ4n) is 2.37. The van der Waals surface area contributed by atoms with Crippen molar-refractivity contribution in [3.05, 3.63) is 23.7 Å². The lowest BCUT2D eigenvalue weighted by Crippen LogP contribution is -2.33. The minimum Gasteiger partial charge on any atom is -0.369 e. The van der Waals surface area contributed by atoms with Crippen molar-refractivity contribution in [2.45, 2.75) is 12.8 Å². The Morgan fingerprint density at radius 1 is 1.47 bits per heavy atom. The Balaban J connectivity index is 1.69. The Hall–Kier alpha value is -1.13. The van der Waals surface area contributed by atoms with Crippen molar-refractivity contribution in [3.63, 3.8) is 0 Å². The summed E-state index contributed by atoms with van der Waals surface area (Å²) in [5, 5.41) is 10.3. The molecule has 0 amide bonds. The Morgan fingerprint density at radius 2 is 2.47 bits per heavy atom. The molecular weight excluding hydrogens is 230 g/mol. The number of rotatable bonds is 3. The molecule has 3 nitrogen and oxygen atoms in total. The molecule has 2 N–H and O–H groups in total. The average molecular weight is 247 g/mol. The Kier molecular flexibility index (Phi) is 3.25. The molecule has 0 saturated carbocycles. The van der Waals surface area contributed by atoms with Crippen LogP contribution in [0.1, 0.15) is 12.8 Å². The van der Waals surface area contributed by atoms with Crippen LogP contribution in [0.5, 0.6) is 0 Å². The van der Waals surface area contributed by atoms with E-state index in [0.717, 1.165) is 24.8 Å². The van der Waals surface area contributed by atoms with Gasteiger partial charge in [-0.15, -0.1) is 11.3 Å². The summed E-state index contributed by atoms with van der Waals surface area (Å²) in [4.78, 5) is 4.44. The van der Waals surface area contributed by atoms with Crippen LogP contribution in [-0.2, 0) is 0 Å². The smallest absolute Gasteiger partial charge is 0.134 e. The van der Waals surface area contributed by atoms with Crippen LogP contribution in [0.3, 0.4) is 0 Å². The number of fused-ring (bicyclic) bond motifs is 1. The molecule has 1 atom stereocenters. The summed E-state index contributed by atoms with van der Waals surface area (Å²) < 4.78 is 1.31. The van der Waals surface area contributed by atoms with E-state index in [1.165, 1.54) is 29.5 Å². The van der Waals surface area contributed by atoms with Crippen molar-refractivity contribution in [1.82, 2.24) is 10.3 Å². The highest BCUT2D eigenvalue weighted by molar-refractivity contribution is 7.17. The van der Waals surface area contributed by atoms with E-state index in [0.29, 0.717) is 0 Å². The third-order valence-corrected chi connectivity index (χ3v) is 4.22. The number of piperidine rings is 1. The van der Waals surface area contributed by atoms with E-state index in [2.05, 4.69) is 33.1 Å². The molecule has 0 radical (unpaired) electrons. The first-order chi connectivity index (χ1) is 8.43. The molecule has 1 aliphatic rings. The van der Waals surface area contributed by atoms with Crippen molar-refractivity contribution in [1.29, 1.82) is 0 Å². The zero-order valence-electron chi connectivity index (χ0n) is 9.78. The maximum atomic E-state index is 4.44. The summed E-state index contributed by atoms with van der Waals surface area (Å²) >= 11 is 1.77. The highest BCUT2D eigenvalue weighted by Crippen LogP contribution is 2.26. The van der Waals surface area contributed by atoms with E-state index < -0.39 is 0 Å². The van der Waals surface area contributed by atoms with Crippen LogP contribution in [0, 0.1) is 5.92 Å². The second kappa shape index (κ2) is 5.02. The number of nitrogens with one attached hydrogen (secondary N) is 2. The lowest BCUT2D eigenvalue weighted by Gasteiger charge is -2.23. The molecule has 0 aromatic carbocycles. The molecule has 2 aromatic rings. The van der Waals surface area contributed by atoms with Crippen LogP contribution in [0.15, 0.2) is 23.7 Å². The monoisotopic (exact) mass is 247 g/mol. The molecular formula is C13H17N3S. The van der Waals surface area contributed by atoms with Gasteiger partial charge in [-0.2, -0.15) is 0 Å². The molecule has 1 aliphatic heterocycles. The molecule has 1 fully saturated rings. The van der Waals surface area contributed by atoms with E-state index in [-0.39, 0.29) is 0 Å². The van der Waals surface area contributed by atoms with Gasteiger partial charge in [-0.1, -0.05) is 0 Å². The molecule has 4 heteroatoms. The van der Waals surface area contributed by atoms with Gasteiger partial charge in [0.15, 0.2) is 0 Å². The lowest BCUT2D eigenvalue weighted by molar-refractivity contribution is 0.393. The molecule has 2 aromatic heterocycles. The van der Waals surface area contributed by atoms with Gasteiger partial charge < -0.3 is 10.6 Å². The highest BCUT2D eigenvalue weighted by atomic mass is 32.1. The summed E-state index contributed by atoms with van der Waals surface area (Å²) in [5.74, 6) is 1.77. The summed E-state index contributed by atoms with van der Waals surface area (Å²) in [6.07, 6.45) is 4.50. The second-order valence-corrected chi connectivity index (χ2v) is 5.53. The number of pyridine rings is 1. The number of aromatic nitrogens is 1. The first-order valence-corrected chi connectivity index (χ1v) is 7.08. The van der Waals surface area contributed by atoms with E-state index in [4.69, 9.17) is 0 Å².